The Balaban J connectivity index is 2.10. The third-order valence-corrected chi connectivity index (χ3v) is 8.47. The van der Waals surface area contributed by atoms with Gasteiger partial charge in [0.05, 0.1) is 31.2 Å². The normalized spacial score (nSPS) is 24.8. The Hall–Kier alpha value is -6.12. The molecule has 56 heavy (non-hydrogen) atoms. The number of carbonyl (C=O) groups excluding carboxylic acids is 8. The number of phenolic OH excluding ortho intramolecular Hbond substituents is 1. The molecule has 0 radical (unpaired) electrons. The molecule has 0 aromatic heterocycles. The average Bonchev–Trinajstić information content (AvgIpc) is 3.13. The summed E-state index contributed by atoms with van der Waals surface area (Å²) in [4.78, 5) is 107. The summed E-state index contributed by atoms with van der Waals surface area (Å²) in [5.41, 5.74) is 6.25. The van der Waals surface area contributed by atoms with Gasteiger partial charge in [-0.1, -0.05) is 42.5 Å². The fraction of sp³-hybridized carbons (Fsp3) is 0.444. The minimum absolute atomic E-state index is 0.122. The zero-order chi connectivity index (χ0) is 41.7. The molecular formula is C36H47N7O13. The molecule has 12 N–H and O–H groups in total. The number of aliphatic hydroxyl groups excluding tert-OH is 3. The first-order valence-electron chi connectivity index (χ1n) is 17.5. The molecule has 2 aromatic carbocycles. The number of carbonyl (C=O) groups is 8. The van der Waals surface area contributed by atoms with E-state index in [0.717, 1.165) is 20.8 Å². The predicted molar refractivity (Wildman–Crippen MR) is 193 cm³/mol. The molecule has 0 unspecified atom stereocenters. The van der Waals surface area contributed by atoms with Crippen LogP contribution >= 0.6 is 0 Å². The zero-order valence-electron chi connectivity index (χ0n) is 30.8. The van der Waals surface area contributed by atoms with Gasteiger partial charge in [-0.2, -0.15) is 0 Å². The Bertz CT molecular complexity index is 1740. The SMILES string of the molecule is C[C@@H](O)[C@@H]1NC(=O)C[C@H](C(=O)OCc2ccccc2)NC(=O)[C@H]([C@@H](C)O)NC(=O)[C@H](Cc2ccc(O)cc2)NC(=O)[C@H](CC(N)=O)NC(=O)[C@H]([C@@H](C)O)NC1=O. The maximum Gasteiger partial charge on any atom is 0.329 e. The van der Waals surface area contributed by atoms with Gasteiger partial charge in [-0.25, -0.2) is 4.79 Å². The van der Waals surface area contributed by atoms with Crippen LogP contribution in [0, 0.1) is 0 Å². The highest BCUT2D eigenvalue weighted by atomic mass is 16.5. The molecule has 20 heteroatoms. The van der Waals surface area contributed by atoms with Crippen molar-refractivity contribution >= 4 is 47.3 Å². The van der Waals surface area contributed by atoms with E-state index in [1.165, 1.54) is 24.3 Å². The number of primary amides is 1. The smallest absolute Gasteiger partial charge is 0.329 e. The maximum atomic E-state index is 13.8. The van der Waals surface area contributed by atoms with Crippen LogP contribution in [0.3, 0.4) is 0 Å². The Labute approximate surface area is 320 Å². The van der Waals surface area contributed by atoms with Gasteiger partial charge in [0.25, 0.3) is 0 Å². The average molecular weight is 786 g/mol. The summed E-state index contributed by atoms with van der Waals surface area (Å²) in [6.07, 6.45) is -7.01. The number of phenols is 1. The third-order valence-electron chi connectivity index (χ3n) is 8.47. The van der Waals surface area contributed by atoms with Crippen molar-refractivity contribution in [3.05, 3.63) is 65.7 Å². The molecule has 0 bridgehead atoms. The lowest BCUT2D eigenvalue weighted by molar-refractivity contribution is -0.151. The number of amides is 7. The van der Waals surface area contributed by atoms with Gasteiger partial charge in [0, 0.05) is 6.42 Å². The van der Waals surface area contributed by atoms with Gasteiger partial charge in [0.1, 0.15) is 48.6 Å². The van der Waals surface area contributed by atoms with Gasteiger partial charge in [0.2, 0.25) is 41.4 Å². The van der Waals surface area contributed by atoms with E-state index in [2.05, 4.69) is 31.9 Å². The third kappa shape index (κ3) is 13.3. The topological polar surface area (TPSA) is 325 Å². The summed E-state index contributed by atoms with van der Waals surface area (Å²) in [5.74, 6) is -9.26. The number of aromatic hydroxyl groups is 1. The number of nitrogens with two attached hydrogens (primary N) is 1. The number of hydrogen-bond acceptors (Lipinski definition) is 13. The van der Waals surface area contributed by atoms with Gasteiger partial charge >= 0.3 is 5.97 Å². The van der Waals surface area contributed by atoms with Crippen molar-refractivity contribution in [1.29, 1.82) is 0 Å². The highest BCUT2D eigenvalue weighted by molar-refractivity contribution is 5.99. The standard InChI is InChI=1S/C36H47N7O13/c1-17(44)28-35(54)43-30(19(3)46)33(52)39-24(14-26(37)48)31(50)38-23(13-20-9-11-22(47)12-10-20)32(51)42-29(18(2)45)34(53)40-25(15-27(49)41-28)36(55)56-16-21-7-5-4-6-8-21/h4-12,17-19,23-25,28-30,44-47H,13-16H2,1-3H3,(H2,37,48)(H,38,50)(H,39,52)(H,40,53)(H,41,49)(H,42,51)(H,43,54)/t17-,18-,19-,23+,24+,25-,28+,29+,30+/m1/s1. The van der Waals surface area contributed by atoms with Crippen LogP contribution in [0.4, 0.5) is 0 Å². The Morgan fingerprint density at radius 1 is 0.661 bits per heavy atom. The molecule has 0 saturated carbocycles. The molecule has 9 atom stereocenters. The monoisotopic (exact) mass is 785 g/mol. The van der Waals surface area contributed by atoms with E-state index in [1.54, 1.807) is 30.3 Å². The molecule has 0 spiro atoms. The molecule has 1 fully saturated rings. The first kappa shape index (κ1) is 44.3. The van der Waals surface area contributed by atoms with Gasteiger partial charge in [-0.15, -0.1) is 0 Å². The summed E-state index contributed by atoms with van der Waals surface area (Å²) >= 11 is 0. The van der Waals surface area contributed by atoms with E-state index in [4.69, 9.17) is 10.5 Å². The second-order valence-electron chi connectivity index (χ2n) is 13.3. The molecule has 1 aliphatic heterocycles. The first-order valence-corrected chi connectivity index (χ1v) is 17.5. The first-order chi connectivity index (χ1) is 26.4. The molecule has 0 aliphatic carbocycles. The fourth-order valence-corrected chi connectivity index (χ4v) is 5.44. The fourth-order valence-electron chi connectivity index (χ4n) is 5.44. The van der Waals surface area contributed by atoms with Crippen molar-refractivity contribution < 1.29 is 63.5 Å². The number of ether oxygens (including phenoxy) is 1. The van der Waals surface area contributed by atoms with Crippen molar-refractivity contribution in [2.75, 3.05) is 0 Å². The predicted octanol–water partition coefficient (Wildman–Crippen LogP) is -3.99. The quantitative estimate of drug-likeness (QED) is 0.103. The summed E-state index contributed by atoms with van der Waals surface area (Å²) in [5, 5.41) is 54.8. The van der Waals surface area contributed by atoms with Crippen LogP contribution in [-0.2, 0) is 56.1 Å². The van der Waals surface area contributed by atoms with Crippen LogP contribution in [0.25, 0.3) is 0 Å². The number of benzene rings is 2. The summed E-state index contributed by atoms with van der Waals surface area (Å²) in [6, 6.07) is 3.05. The van der Waals surface area contributed by atoms with Crippen LogP contribution in [0.15, 0.2) is 54.6 Å². The number of rotatable bonds is 10. The van der Waals surface area contributed by atoms with Crippen molar-refractivity contribution in [1.82, 2.24) is 31.9 Å². The maximum absolute atomic E-state index is 13.8. The molecule has 20 nitrogen and oxygen atoms in total. The highest BCUT2D eigenvalue weighted by Gasteiger charge is 2.38. The van der Waals surface area contributed by atoms with E-state index >= 15 is 0 Å². The number of aliphatic hydroxyl groups is 3. The molecule has 7 amide bonds. The number of esters is 1. The van der Waals surface area contributed by atoms with Crippen LogP contribution < -0.4 is 37.6 Å². The van der Waals surface area contributed by atoms with Crippen molar-refractivity contribution in [2.24, 2.45) is 5.73 Å². The lowest BCUT2D eigenvalue weighted by Crippen LogP contribution is -2.62. The lowest BCUT2D eigenvalue weighted by atomic mass is 10.0. The number of hydrogen-bond donors (Lipinski definition) is 11. The van der Waals surface area contributed by atoms with Gasteiger partial charge < -0.3 is 62.8 Å². The number of nitrogens with one attached hydrogen (secondary N) is 6. The Morgan fingerprint density at radius 2 is 1.14 bits per heavy atom. The van der Waals surface area contributed by atoms with E-state index in [9.17, 15) is 58.8 Å². The minimum Gasteiger partial charge on any atom is -0.508 e. The molecule has 2 aromatic rings. The second kappa shape index (κ2) is 20.5. The molecule has 1 aliphatic rings. The van der Waals surface area contributed by atoms with Crippen LogP contribution in [0.5, 0.6) is 5.75 Å². The lowest BCUT2D eigenvalue weighted by Gasteiger charge is -2.28. The van der Waals surface area contributed by atoms with Crippen LogP contribution in [0.1, 0.15) is 44.7 Å². The van der Waals surface area contributed by atoms with Crippen molar-refractivity contribution in [3.63, 3.8) is 0 Å². The van der Waals surface area contributed by atoms with E-state index in [0.29, 0.717) is 11.1 Å². The molecular weight excluding hydrogens is 738 g/mol. The van der Waals surface area contributed by atoms with Crippen molar-refractivity contribution in [3.8, 4) is 5.75 Å². The summed E-state index contributed by atoms with van der Waals surface area (Å²) < 4.78 is 5.34. The molecule has 1 heterocycles. The van der Waals surface area contributed by atoms with E-state index in [1.807, 2.05) is 0 Å². The van der Waals surface area contributed by atoms with Crippen LogP contribution in [0.2, 0.25) is 0 Å². The zero-order valence-corrected chi connectivity index (χ0v) is 30.8. The highest BCUT2D eigenvalue weighted by Crippen LogP contribution is 2.13. The molecule has 1 saturated heterocycles. The van der Waals surface area contributed by atoms with Gasteiger partial charge in [-0.05, 0) is 44.0 Å². The Kier molecular flexibility index (Phi) is 16.2. The second-order valence-corrected chi connectivity index (χ2v) is 13.3. The van der Waals surface area contributed by atoms with Gasteiger partial charge in [0.15, 0.2) is 0 Å². The Morgan fingerprint density at radius 3 is 1.70 bits per heavy atom. The van der Waals surface area contributed by atoms with E-state index in [-0.39, 0.29) is 18.8 Å². The largest absolute Gasteiger partial charge is 0.508 e. The van der Waals surface area contributed by atoms with E-state index < -0.39 is 115 Å². The molecule has 304 valence electrons. The van der Waals surface area contributed by atoms with Gasteiger partial charge in [-0.3, -0.25) is 33.6 Å². The summed E-state index contributed by atoms with van der Waals surface area (Å²) in [6.45, 7) is 3.06. The summed E-state index contributed by atoms with van der Waals surface area (Å²) in [7, 11) is 0. The van der Waals surface area contributed by atoms with Crippen LogP contribution in [-0.4, -0.2) is 122 Å². The minimum atomic E-state index is -1.85. The van der Waals surface area contributed by atoms with Crippen molar-refractivity contribution in [2.45, 2.75) is 101 Å². The molecule has 3 rings (SSSR count).